The topological polar surface area (TPSA) is 46.5 Å². The molecule has 0 aromatic heterocycles. The molecule has 3 heteroatoms. The van der Waals surface area contributed by atoms with E-state index in [1.54, 1.807) is 0 Å². The van der Waals surface area contributed by atoms with Crippen LogP contribution in [-0.2, 0) is 4.79 Å². The molecule has 2 saturated carbocycles. The third-order valence-corrected chi connectivity index (χ3v) is 4.61. The van der Waals surface area contributed by atoms with Gasteiger partial charge >= 0.3 is 0 Å². The van der Waals surface area contributed by atoms with Crippen molar-refractivity contribution in [3.05, 3.63) is 4.91 Å². The second-order valence-corrected chi connectivity index (χ2v) is 5.11. The SMILES string of the molecule is CC1(C)C2CC[C@@]1(C)C(=O)C2N=O. The summed E-state index contributed by atoms with van der Waals surface area (Å²) < 4.78 is 0. The molecule has 13 heavy (non-hydrogen) atoms. The predicted molar refractivity (Wildman–Crippen MR) is 49.2 cm³/mol. The van der Waals surface area contributed by atoms with E-state index in [9.17, 15) is 9.70 Å². The van der Waals surface area contributed by atoms with Crippen LogP contribution in [0.15, 0.2) is 5.18 Å². The van der Waals surface area contributed by atoms with Crippen LogP contribution in [0.4, 0.5) is 0 Å². The maximum atomic E-state index is 11.8. The molecule has 0 N–H and O–H groups in total. The van der Waals surface area contributed by atoms with Crippen molar-refractivity contribution in [1.82, 2.24) is 0 Å². The highest BCUT2D eigenvalue weighted by atomic mass is 16.3. The number of rotatable bonds is 1. The fourth-order valence-electron chi connectivity index (χ4n) is 3.16. The Bertz CT molecular complexity index is 285. The molecule has 2 aliphatic carbocycles. The molecule has 72 valence electrons. The number of fused-ring (bicyclic) bond motifs is 2. The number of carbonyl (C=O) groups excluding carboxylic acids is 1. The van der Waals surface area contributed by atoms with Crippen molar-refractivity contribution in [3.8, 4) is 0 Å². The average Bonchev–Trinajstić information content (AvgIpc) is 2.36. The minimum atomic E-state index is -0.561. The van der Waals surface area contributed by atoms with Crippen molar-refractivity contribution >= 4 is 5.78 Å². The zero-order valence-corrected chi connectivity index (χ0v) is 8.33. The lowest BCUT2D eigenvalue weighted by Crippen LogP contribution is -2.34. The molecular formula is C10H15NO2. The molecule has 0 radical (unpaired) electrons. The van der Waals surface area contributed by atoms with Crippen molar-refractivity contribution in [1.29, 1.82) is 0 Å². The number of nitrogens with zero attached hydrogens (tertiary/aromatic N) is 1. The number of carbonyl (C=O) groups is 1. The second kappa shape index (κ2) is 2.20. The highest BCUT2D eigenvalue weighted by molar-refractivity contribution is 5.94. The molecule has 3 nitrogen and oxygen atoms in total. The van der Waals surface area contributed by atoms with E-state index in [1.807, 2.05) is 6.92 Å². The summed E-state index contributed by atoms with van der Waals surface area (Å²) in [7, 11) is 0. The van der Waals surface area contributed by atoms with Crippen LogP contribution in [0.5, 0.6) is 0 Å². The van der Waals surface area contributed by atoms with E-state index in [2.05, 4.69) is 19.0 Å². The van der Waals surface area contributed by atoms with Crippen molar-refractivity contribution in [2.45, 2.75) is 39.7 Å². The third-order valence-electron chi connectivity index (χ3n) is 4.61. The van der Waals surface area contributed by atoms with Gasteiger partial charge in [-0.25, -0.2) is 0 Å². The fourth-order valence-corrected chi connectivity index (χ4v) is 3.16. The van der Waals surface area contributed by atoms with Gasteiger partial charge in [0.2, 0.25) is 0 Å². The van der Waals surface area contributed by atoms with Crippen molar-refractivity contribution < 1.29 is 4.79 Å². The predicted octanol–water partition coefficient (Wildman–Crippen LogP) is 2.15. The van der Waals surface area contributed by atoms with E-state index in [4.69, 9.17) is 0 Å². The summed E-state index contributed by atoms with van der Waals surface area (Å²) >= 11 is 0. The van der Waals surface area contributed by atoms with Crippen molar-refractivity contribution in [2.24, 2.45) is 21.9 Å². The third kappa shape index (κ3) is 0.736. The number of Topliss-reactive ketones (excluding diaryl/α,β-unsaturated/α-hetero) is 1. The van der Waals surface area contributed by atoms with Gasteiger partial charge in [0.1, 0.15) is 0 Å². The van der Waals surface area contributed by atoms with Gasteiger partial charge in [0.05, 0.1) is 0 Å². The summed E-state index contributed by atoms with van der Waals surface area (Å²) in [5, 5.41) is 2.99. The molecule has 2 bridgehead atoms. The van der Waals surface area contributed by atoms with Gasteiger partial charge in [0.15, 0.2) is 11.8 Å². The molecule has 2 unspecified atom stereocenters. The molecule has 0 heterocycles. The lowest BCUT2D eigenvalue weighted by molar-refractivity contribution is -0.129. The van der Waals surface area contributed by atoms with E-state index >= 15 is 0 Å². The van der Waals surface area contributed by atoms with E-state index in [0.717, 1.165) is 12.8 Å². The largest absolute Gasteiger partial charge is 0.296 e. The van der Waals surface area contributed by atoms with Gasteiger partial charge in [-0.1, -0.05) is 25.9 Å². The molecule has 0 aromatic carbocycles. The normalized spacial score (nSPS) is 46.8. The Morgan fingerprint density at radius 1 is 1.38 bits per heavy atom. The van der Waals surface area contributed by atoms with Gasteiger partial charge in [-0.3, -0.25) is 4.79 Å². The molecule has 0 spiro atoms. The minimum absolute atomic E-state index is 0.0390. The number of ketones is 1. The zero-order valence-electron chi connectivity index (χ0n) is 8.33. The lowest BCUT2D eigenvalue weighted by Gasteiger charge is -2.31. The summed E-state index contributed by atoms with van der Waals surface area (Å²) in [5.74, 6) is 0.256. The zero-order chi connectivity index (χ0) is 9.85. The van der Waals surface area contributed by atoms with Crippen LogP contribution in [0.1, 0.15) is 33.6 Å². The Kier molecular flexibility index (Phi) is 1.49. The highest BCUT2D eigenvalue weighted by Crippen LogP contribution is 2.64. The number of nitroso groups, excluding NO2 is 1. The van der Waals surface area contributed by atoms with Gasteiger partial charge in [-0.15, -0.1) is 0 Å². The first-order valence-corrected chi connectivity index (χ1v) is 4.82. The van der Waals surface area contributed by atoms with Crippen molar-refractivity contribution in [2.75, 3.05) is 0 Å². The van der Waals surface area contributed by atoms with E-state index in [0.29, 0.717) is 0 Å². The first-order chi connectivity index (χ1) is 5.95. The van der Waals surface area contributed by atoms with Crippen LogP contribution in [0.2, 0.25) is 0 Å². The average molecular weight is 181 g/mol. The minimum Gasteiger partial charge on any atom is -0.296 e. The first-order valence-electron chi connectivity index (χ1n) is 4.82. The standard InChI is InChI=1S/C10H15NO2/c1-9(2)6-4-5-10(9,3)8(12)7(6)11-13/h6-7H,4-5H2,1-3H3/t6?,7?,10-/m0/s1. The molecule has 3 atom stereocenters. The van der Waals surface area contributed by atoms with Crippen LogP contribution in [0.3, 0.4) is 0 Å². The summed E-state index contributed by atoms with van der Waals surface area (Å²) in [6.45, 7) is 6.17. The summed E-state index contributed by atoms with van der Waals surface area (Å²) in [5.41, 5.74) is -0.334. The molecule has 2 rings (SSSR count). The monoisotopic (exact) mass is 181 g/mol. The van der Waals surface area contributed by atoms with E-state index in [-0.39, 0.29) is 22.5 Å². The van der Waals surface area contributed by atoms with Crippen LogP contribution in [-0.4, -0.2) is 11.8 Å². The molecule has 0 saturated heterocycles. The highest BCUT2D eigenvalue weighted by Gasteiger charge is 2.67. The van der Waals surface area contributed by atoms with Gasteiger partial charge in [-0.2, -0.15) is 4.91 Å². The quantitative estimate of drug-likeness (QED) is 0.582. The van der Waals surface area contributed by atoms with E-state index in [1.165, 1.54) is 0 Å². The molecule has 0 aromatic rings. The van der Waals surface area contributed by atoms with Crippen LogP contribution < -0.4 is 0 Å². The molecule has 2 aliphatic rings. The molecule has 2 fully saturated rings. The van der Waals surface area contributed by atoms with Crippen molar-refractivity contribution in [3.63, 3.8) is 0 Å². The maximum absolute atomic E-state index is 11.8. The number of hydrogen-bond acceptors (Lipinski definition) is 3. The fraction of sp³-hybridized carbons (Fsp3) is 0.900. The Balaban J connectivity index is 2.50. The molecular weight excluding hydrogens is 166 g/mol. The Morgan fingerprint density at radius 3 is 2.31 bits per heavy atom. The van der Waals surface area contributed by atoms with E-state index < -0.39 is 6.04 Å². The first kappa shape index (κ1) is 8.85. The maximum Gasteiger partial charge on any atom is 0.167 e. The second-order valence-electron chi connectivity index (χ2n) is 5.11. The Hall–Kier alpha value is -0.730. The van der Waals surface area contributed by atoms with Crippen LogP contribution >= 0.6 is 0 Å². The summed E-state index contributed by atoms with van der Waals surface area (Å²) in [6, 6.07) is -0.561. The van der Waals surface area contributed by atoms with Crippen LogP contribution in [0, 0.1) is 21.7 Å². The Morgan fingerprint density at radius 2 is 2.00 bits per heavy atom. The van der Waals surface area contributed by atoms with Crippen LogP contribution in [0.25, 0.3) is 0 Å². The summed E-state index contributed by atoms with van der Waals surface area (Å²) in [4.78, 5) is 22.4. The smallest absolute Gasteiger partial charge is 0.167 e. The van der Waals surface area contributed by atoms with Gasteiger partial charge in [-0.05, 0) is 24.2 Å². The Labute approximate surface area is 77.9 Å². The number of hydrogen-bond donors (Lipinski definition) is 0. The van der Waals surface area contributed by atoms with Gasteiger partial charge in [0.25, 0.3) is 0 Å². The summed E-state index contributed by atoms with van der Waals surface area (Å²) in [6.07, 6.45) is 1.90. The van der Waals surface area contributed by atoms with Gasteiger partial charge in [0, 0.05) is 5.41 Å². The van der Waals surface area contributed by atoms with Gasteiger partial charge < -0.3 is 0 Å². The molecule has 0 amide bonds. The molecule has 0 aliphatic heterocycles. The lowest BCUT2D eigenvalue weighted by atomic mass is 9.70.